The Morgan fingerprint density at radius 2 is 1.29 bits per heavy atom. The van der Waals surface area contributed by atoms with Crippen LogP contribution in [-0.4, -0.2) is 24.4 Å². The van der Waals surface area contributed by atoms with E-state index in [0.717, 1.165) is 19.3 Å². The third-order valence-corrected chi connectivity index (χ3v) is 7.74. The Kier molecular flexibility index (Phi) is 8.84. The molecule has 2 atom stereocenters. The van der Waals surface area contributed by atoms with Gasteiger partial charge in [0.15, 0.2) is 0 Å². The van der Waals surface area contributed by atoms with Crippen LogP contribution < -0.4 is 10.6 Å². The van der Waals surface area contributed by atoms with Gasteiger partial charge in [-0.25, -0.2) is 0 Å². The van der Waals surface area contributed by atoms with E-state index in [1.165, 1.54) is 0 Å². The first-order valence-electron chi connectivity index (χ1n) is 11.3. The number of nitrogens with one attached hydrogen (secondary N) is 2. The lowest BCUT2D eigenvalue weighted by molar-refractivity contribution is -0.123. The summed E-state index contributed by atoms with van der Waals surface area (Å²) in [6.07, 6.45) is 2.79. The molecule has 1 fully saturated rings. The highest BCUT2D eigenvalue weighted by Gasteiger charge is 2.41. The van der Waals surface area contributed by atoms with Crippen LogP contribution in [0.1, 0.15) is 51.2 Å². The third-order valence-electron chi connectivity index (χ3n) is 6.32. The number of hydrogen-bond donors (Lipinski definition) is 2. The Balaban J connectivity index is 1.62. The van der Waals surface area contributed by atoms with E-state index in [2.05, 4.69) is 31.4 Å². The lowest BCUT2D eigenvalue weighted by Crippen LogP contribution is -2.50. The predicted molar refractivity (Wildman–Crippen MR) is 141 cm³/mol. The van der Waals surface area contributed by atoms with Crippen molar-refractivity contribution in [1.82, 2.24) is 10.6 Å². The molecule has 8 heteroatoms. The Morgan fingerprint density at radius 3 is 1.79 bits per heavy atom. The molecule has 0 bridgehead atoms. The van der Waals surface area contributed by atoms with Gasteiger partial charge in [0, 0.05) is 32.7 Å². The van der Waals surface area contributed by atoms with E-state index in [0.29, 0.717) is 37.8 Å². The van der Waals surface area contributed by atoms with Crippen molar-refractivity contribution in [2.24, 2.45) is 10.8 Å². The maximum absolute atomic E-state index is 12.8. The highest BCUT2D eigenvalue weighted by atomic mass is 35.5. The van der Waals surface area contributed by atoms with Gasteiger partial charge in [-0.05, 0) is 65.5 Å². The summed E-state index contributed by atoms with van der Waals surface area (Å²) in [4.78, 5) is 25.5. The van der Waals surface area contributed by atoms with Gasteiger partial charge >= 0.3 is 0 Å². The van der Waals surface area contributed by atoms with Gasteiger partial charge in [0.05, 0.1) is 12.8 Å². The van der Waals surface area contributed by atoms with Crippen molar-refractivity contribution in [2.75, 3.05) is 6.54 Å². The van der Waals surface area contributed by atoms with E-state index >= 15 is 0 Å². The van der Waals surface area contributed by atoms with Crippen LogP contribution in [0.15, 0.2) is 36.4 Å². The van der Waals surface area contributed by atoms with Gasteiger partial charge < -0.3 is 10.6 Å². The first-order chi connectivity index (χ1) is 15.9. The highest BCUT2D eigenvalue weighted by molar-refractivity contribution is 6.36. The zero-order valence-corrected chi connectivity index (χ0v) is 22.6. The molecule has 0 saturated heterocycles. The van der Waals surface area contributed by atoms with Gasteiger partial charge in [0.25, 0.3) is 0 Å². The van der Waals surface area contributed by atoms with Crippen LogP contribution in [0.3, 0.4) is 0 Å². The molecule has 4 nitrogen and oxygen atoms in total. The van der Waals surface area contributed by atoms with Crippen molar-refractivity contribution in [3.05, 3.63) is 67.6 Å². The third kappa shape index (κ3) is 7.27. The number of amides is 2. The molecule has 2 aromatic carbocycles. The average molecular weight is 544 g/mol. The maximum Gasteiger partial charge on any atom is 0.224 e. The van der Waals surface area contributed by atoms with Crippen molar-refractivity contribution >= 4 is 58.2 Å². The molecule has 2 aromatic rings. The molecule has 3 rings (SSSR count). The molecule has 1 aliphatic carbocycles. The molecule has 184 valence electrons. The second-order valence-electron chi connectivity index (χ2n) is 10.4. The summed E-state index contributed by atoms with van der Waals surface area (Å²) in [6, 6.07) is 10.4. The summed E-state index contributed by atoms with van der Waals surface area (Å²) < 4.78 is 0. The number of halogens is 4. The Morgan fingerprint density at radius 1 is 0.824 bits per heavy atom. The van der Waals surface area contributed by atoms with E-state index in [1.54, 1.807) is 36.4 Å². The average Bonchev–Trinajstić information content (AvgIpc) is 2.71. The lowest BCUT2D eigenvalue weighted by Gasteiger charge is -2.47. The van der Waals surface area contributed by atoms with Gasteiger partial charge in [-0.2, -0.15) is 0 Å². The van der Waals surface area contributed by atoms with E-state index < -0.39 is 0 Å². The van der Waals surface area contributed by atoms with Gasteiger partial charge in [-0.15, -0.1) is 0 Å². The van der Waals surface area contributed by atoms with Crippen molar-refractivity contribution in [3.63, 3.8) is 0 Å². The Bertz CT molecular complexity index is 1030. The fraction of sp³-hybridized carbons (Fsp3) is 0.462. The zero-order chi connectivity index (χ0) is 25.1. The van der Waals surface area contributed by atoms with Crippen LogP contribution in [-0.2, 0) is 22.4 Å². The van der Waals surface area contributed by atoms with E-state index in [4.69, 9.17) is 46.4 Å². The van der Waals surface area contributed by atoms with Crippen molar-refractivity contribution in [2.45, 2.75) is 58.9 Å². The number of hydrogen-bond acceptors (Lipinski definition) is 2. The fourth-order valence-electron chi connectivity index (χ4n) is 5.25. The van der Waals surface area contributed by atoms with Crippen LogP contribution in [0.2, 0.25) is 20.1 Å². The number of benzene rings is 2. The van der Waals surface area contributed by atoms with Crippen LogP contribution in [0, 0.1) is 10.8 Å². The zero-order valence-electron chi connectivity index (χ0n) is 19.6. The van der Waals surface area contributed by atoms with E-state index in [1.807, 2.05) is 0 Å². The quantitative estimate of drug-likeness (QED) is 0.399. The van der Waals surface area contributed by atoms with Crippen LogP contribution in [0.4, 0.5) is 0 Å². The van der Waals surface area contributed by atoms with Crippen LogP contribution in [0.5, 0.6) is 0 Å². The molecular weight excluding hydrogens is 514 g/mol. The molecule has 2 amide bonds. The molecule has 0 aliphatic heterocycles. The molecule has 0 spiro atoms. The molecular formula is C26H30Cl4N2O2. The fourth-order valence-corrected chi connectivity index (χ4v) is 6.31. The van der Waals surface area contributed by atoms with Gasteiger partial charge in [-0.1, -0.05) is 79.3 Å². The van der Waals surface area contributed by atoms with Crippen LogP contribution in [0.25, 0.3) is 0 Å². The molecule has 0 radical (unpaired) electrons. The SMILES string of the molecule is CC1(C)C[C@H](NC(=O)Cc2c(Cl)cccc2Cl)C[C@](C)(CNC(=O)Cc2c(Cl)cccc2Cl)C1. The maximum atomic E-state index is 12.8. The van der Waals surface area contributed by atoms with Crippen molar-refractivity contribution in [3.8, 4) is 0 Å². The van der Waals surface area contributed by atoms with E-state index in [9.17, 15) is 9.59 Å². The lowest BCUT2D eigenvalue weighted by atomic mass is 9.62. The molecule has 1 aliphatic rings. The number of carbonyl (C=O) groups is 2. The first-order valence-corrected chi connectivity index (χ1v) is 12.8. The number of rotatable bonds is 7. The minimum Gasteiger partial charge on any atom is -0.355 e. The summed E-state index contributed by atoms with van der Waals surface area (Å²) >= 11 is 24.9. The molecule has 1 saturated carbocycles. The van der Waals surface area contributed by atoms with Crippen molar-refractivity contribution < 1.29 is 9.59 Å². The first kappa shape index (κ1) is 27.1. The summed E-state index contributed by atoms with van der Waals surface area (Å²) in [5.74, 6) is -0.244. The molecule has 0 heterocycles. The molecule has 2 N–H and O–H groups in total. The van der Waals surface area contributed by atoms with Gasteiger partial charge in [0.1, 0.15) is 0 Å². The normalized spacial score (nSPS) is 21.7. The summed E-state index contributed by atoms with van der Waals surface area (Å²) in [5.41, 5.74) is 1.08. The minimum atomic E-state index is -0.179. The summed E-state index contributed by atoms with van der Waals surface area (Å²) in [6.45, 7) is 7.04. The monoisotopic (exact) mass is 542 g/mol. The van der Waals surface area contributed by atoms with Gasteiger partial charge in [0.2, 0.25) is 11.8 Å². The van der Waals surface area contributed by atoms with Crippen molar-refractivity contribution in [1.29, 1.82) is 0 Å². The largest absolute Gasteiger partial charge is 0.355 e. The molecule has 0 unspecified atom stereocenters. The second-order valence-corrected chi connectivity index (χ2v) is 12.0. The predicted octanol–water partition coefficient (Wildman–Crippen LogP) is 6.90. The van der Waals surface area contributed by atoms with Gasteiger partial charge in [-0.3, -0.25) is 9.59 Å². The summed E-state index contributed by atoms with van der Waals surface area (Å²) in [5, 5.41) is 8.16. The second kappa shape index (κ2) is 11.1. The molecule has 34 heavy (non-hydrogen) atoms. The Hall–Kier alpha value is -1.46. The number of carbonyl (C=O) groups excluding carboxylic acids is 2. The van der Waals surface area contributed by atoms with Crippen LogP contribution >= 0.6 is 46.4 Å². The smallest absolute Gasteiger partial charge is 0.224 e. The highest BCUT2D eigenvalue weighted by Crippen LogP contribution is 2.46. The molecule has 0 aromatic heterocycles. The standard InChI is InChI=1S/C26H30Cl4N2O2/c1-25(2)12-16(32-24(34)11-18-21(29)8-5-9-22(18)30)13-26(3,14-25)15-31-23(33)10-17-19(27)6-4-7-20(17)28/h4-9,16H,10-15H2,1-3H3,(H,31,33)(H,32,34)/t16-,26-/m0/s1. The topological polar surface area (TPSA) is 58.2 Å². The summed E-state index contributed by atoms with van der Waals surface area (Å²) in [7, 11) is 0. The minimum absolute atomic E-state index is 0.00373. The van der Waals surface area contributed by atoms with E-state index in [-0.39, 0.29) is 41.5 Å². The Labute approximate surface area is 221 Å².